The fraction of sp³-hybridized carbons (Fsp3) is 0.429. The zero-order valence-corrected chi connectivity index (χ0v) is 11.9. The molecule has 19 heavy (non-hydrogen) atoms. The Morgan fingerprint density at radius 2 is 2.16 bits per heavy atom. The molecule has 5 heteroatoms. The summed E-state index contributed by atoms with van der Waals surface area (Å²) in [5.41, 5.74) is 2.40. The molecule has 2 aromatic rings. The molecule has 0 unspecified atom stereocenters. The van der Waals surface area contributed by atoms with Gasteiger partial charge in [0.2, 0.25) is 0 Å². The molecule has 1 fully saturated rings. The van der Waals surface area contributed by atoms with Gasteiger partial charge in [-0.1, -0.05) is 0 Å². The summed E-state index contributed by atoms with van der Waals surface area (Å²) in [4.78, 5) is 10.9. The van der Waals surface area contributed by atoms with Crippen molar-refractivity contribution in [3.8, 4) is 0 Å². The second-order valence-electron chi connectivity index (χ2n) is 4.99. The predicted molar refractivity (Wildman–Crippen MR) is 78.3 cm³/mol. The highest BCUT2D eigenvalue weighted by Crippen LogP contribution is 2.23. The average molecular weight is 274 g/mol. The number of thiazole rings is 1. The van der Waals surface area contributed by atoms with Gasteiger partial charge in [0.15, 0.2) is 5.13 Å². The third-order valence-electron chi connectivity index (χ3n) is 3.18. The van der Waals surface area contributed by atoms with E-state index in [0.29, 0.717) is 0 Å². The second-order valence-corrected chi connectivity index (χ2v) is 5.82. The molecule has 0 atom stereocenters. The summed E-state index contributed by atoms with van der Waals surface area (Å²) >= 11 is 1.71. The Morgan fingerprint density at radius 1 is 1.37 bits per heavy atom. The van der Waals surface area contributed by atoms with Gasteiger partial charge in [0.25, 0.3) is 0 Å². The van der Waals surface area contributed by atoms with Gasteiger partial charge in [-0.3, -0.25) is 4.98 Å². The number of hydrogen-bond acceptors (Lipinski definition) is 5. The van der Waals surface area contributed by atoms with Crippen LogP contribution < -0.4 is 10.2 Å². The third kappa shape index (κ3) is 3.52. The number of nitrogens with one attached hydrogen (secondary N) is 1. The average Bonchev–Trinajstić information content (AvgIpc) is 3.14. The van der Waals surface area contributed by atoms with Crippen molar-refractivity contribution < 1.29 is 0 Å². The van der Waals surface area contributed by atoms with Crippen molar-refractivity contribution in [3.63, 3.8) is 0 Å². The summed E-state index contributed by atoms with van der Waals surface area (Å²) in [6, 6.07) is 4.82. The summed E-state index contributed by atoms with van der Waals surface area (Å²) in [6.07, 6.45) is 6.30. The fourth-order valence-electron chi connectivity index (χ4n) is 1.92. The molecular formula is C14H18N4S. The molecule has 1 aliphatic carbocycles. The van der Waals surface area contributed by atoms with Crippen LogP contribution in [0.4, 0.5) is 5.13 Å². The molecule has 3 rings (SSSR count). The number of hydrogen-bond donors (Lipinski definition) is 1. The Hall–Kier alpha value is -1.46. The van der Waals surface area contributed by atoms with E-state index >= 15 is 0 Å². The molecule has 0 saturated heterocycles. The maximum absolute atomic E-state index is 4.67. The molecule has 0 aromatic carbocycles. The van der Waals surface area contributed by atoms with Gasteiger partial charge in [0.1, 0.15) is 0 Å². The number of nitrogens with zero attached hydrogens (tertiary/aromatic N) is 3. The Kier molecular flexibility index (Phi) is 3.75. The first-order chi connectivity index (χ1) is 9.31. The van der Waals surface area contributed by atoms with E-state index in [4.69, 9.17) is 0 Å². The van der Waals surface area contributed by atoms with E-state index in [1.165, 1.54) is 18.4 Å². The monoisotopic (exact) mass is 274 g/mol. The van der Waals surface area contributed by atoms with Gasteiger partial charge in [-0.05, 0) is 30.5 Å². The van der Waals surface area contributed by atoms with Crippen molar-refractivity contribution in [1.29, 1.82) is 0 Å². The molecule has 0 amide bonds. The summed E-state index contributed by atoms with van der Waals surface area (Å²) in [7, 11) is 2.08. The Bertz CT molecular complexity index is 521. The first kappa shape index (κ1) is 12.6. The smallest absolute Gasteiger partial charge is 0.185 e. The van der Waals surface area contributed by atoms with E-state index in [1.807, 2.05) is 24.5 Å². The maximum Gasteiger partial charge on any atom is 0.185 e. The Balaban J connectivity index is 1.58. The van der Waals surface area contributed by atoms with Gasteiger partial charge in [-0.25, -0.2) is 4.98 Å². The molecule has 0 radical (unpaired) electrons. The van der Waals surface area contributed by atoms with Crippen molar-refractivity contribution in [3.05, 3.63) is 41.2 Å². The first-order valence-corrected chi connectivity index (χ1v) is 7.47. The van der Waals surface area contributed by atoms with Gasteiger partial charge in [0.05, 0.1) is 5.69 Å². The van der Waals surface area contributed by atoms with Crippen LogP contribution in [0.2, 0.25) is 0 Å². The molecule has 2 heterocycles. The third-order valence-corrected chi connectivity index (χ3v) is 4.19. The van der Waals surface area contributed by atoms with Crippen LogP contribution in [0.25, 0.3) is 0 Å². The minimum atomic E-state index is 0.736. The van der Waals surface area contributed by atoms with Crippen molar-refractivity contribution in [1.82, 2.24) is 15.3 Å². The topological polar surface area (TPSA) is 41.1 Å². The molecule has 4 nitrogen and oxygen atoms in total. The lowest BCUT2D eigenvalue weighted by atomic mass is 10.2. The largest absolute Gasteiger partial charge is 0.347 e. The quantitative estimate of drug-likeness (QED) is 0.878. The SMILES string of the molecule is CN(Cc1ccncc1)c1nc(CNC2CC2)cs1. The number of anilines is 1. The van der Waals surface area contributed by atoms with Crippen molar-refractivity contribution in [2.45, 2.75) is 32.0 Å². The lowest BCUT2D eigenvalue weighted by Gasteiger charge is -2.15. The van der Waals surface area contributed by atoms with E-state index in [-0.39, 0.29) is 0 Å². The van der Waals surface area contributed by atoms with Crippen LogP contribution in [0.15, 0.2) is 29.9 Å². The van der Waals surface area contributed by atoms with Crippen LogP contribution in [-0.4, -0.2) is 23.1 Å². The lowest BCUT2D eigenvalue weighted by Crippen LogP contribution is -2.17. The van der Waals surface area contributed by atoms with Gasteiger partial charge >= 0.3 is 0 Å². The van der Waals surface area contributed by atoms with Crippen LogP contribution in [0.1, 0.15) is 24.1 Å². The molecular weight excluding hydrogens is 256 g/mol. The minimum absolute atomic E-state index is 0.736. The van der Waals surface area contributed by atoms with Crippen LogP contribution >= 0.6 is 11.3 Å². The predicted octanol–water partition coefficient (Wildman–Crippen LogP) is 2.43. The minimum Gasteiger partial charge on any atom is -0.347 e. The van der Waals surface area contributed by atoms with Crippen molar-refractivity contribution in [2.75, 3.05) is 11.9 Å². The summed E-state index contributed by atoms with van der Waals surface area (Å²) in [6.45, 7) is 1.76. The van der Waals surface area contributed by atoms with E-state index in [2.05, 4.69) is 32.6 Å². The number of aromatic nitrogens is 2. The van der Waals surface area contributed by atoms with Gasteiger partial charge in [-0.2, -0.15) is 0 Å². The molecule has 0 spiro atoms. The maximum atomic E-state index is 4.67. The van der Waals surface area contributed by atoms with Crippen molar-refractivity contribution in [2.24, 2.45) is 0 Å². The molecule has 1 saturated carbocycles. The van der Waals surface area contributed by atoms with Crippen molar-refractivity contribution >= 4 is 16.5 Å². The number of rotatable bonds is 6. The zero-order valence-electron chi connectivity index (χ0n) is 11.0. The molecule has 0 aliphatic heterocycles. The molecule has 2 aromatic heterocycles. The molecule has 0 bridgehead atoms. The van der Waals surface area contributed by atoms with Crippen LogP contribution in [0.5, 0.6) is 0 Å². The second kappa shape index (κ2) is 5.67. The van der Waals surface area contributed by atoms with Crippen LogP contribution in [0, 0.1) is 0 Å². The van der Waals surface area contributed by atoms with Crippen LogP contribution in [0.3, 0.4) is 0 Å². The normalized spacial score (nSPS) is 14.6. The first-order valence-electron chi connectivity index (χ1n) is 6.59. The highest BCUT2D eigenvalue weighted by atomic mass is 32.1. The van der Waals surface area contributed by atoms with E-state index in [1.54, 1.807) is 11.3 Å². The van der Waals surface area contributed by atoms with E-state index in [0.717, 1.165) is 30.0 Å². The standard InChI is InChI=1S/C14H18N4S/c1-18(9-11-4-6-15-7-5-11)14-17-13(10-19-14)8-16-12-2-3-12/h4-7,10,12,16H,2-3,8-9H2,1H3. The van der Waals surface area contributed by atoms with E-state index in [9.17, 15) is 0 Å². The summed E-state index contributed by atoms with van der Waals surface area (Å²) < 4.78 is 0. The molecule has 1 aliphatic rings. The van der Waals surface area contributed by atoms with E-state index < -0.39 is 0 Å². The Morgan fingerprint density at radius 3 is 2.89 bits per heavy atom. The van der Waals surface area contributed by atoms with Gasteiger partial charge < -0.3 is 10.2 Å². The number of pyridine rings is 1. The van der Waals surface area contributed by atoms with Gasteiger partial charge in [-0.15, -0.1) is 11.3 Å². The molecule has 1 N–H and O–H groups in total. The fourth-order valence-corrected chi connectivity index (χ4v) is 2.71. The summed E-state index contributed by atoms with van der Waals surface area (Å²) in [5, 5.41) is 6.71. The lowest BCUT2D eigenvalue weighted by molar-refractivity contribution is 0.676. The highest BCUT2D eigenvalue weighted by Gasteiger charge is 2.20. The van der Waals surface area contributed by atoms with Crippen LogP contribution in [-0.2, 0) is 13.1 Å². The molecule has 100 valence electrons. The van der Waals surface area contributed by atoms with Gasteiger partial charge in [0, 0.05) is 44.0 Å². The highest BCUT2D eigenvalue weighted by molar-refractivity contribution is 7.13. The Labute approximate surface area is 117 Å². The zero-order chi connectivity index (χ0) is 13.1. The summed E-state index contributed by atoms with van der Waals surface area (Å²) in [5.74, 6) is 0.